The van der Waals surface area contributed by atoms with E-state index in [4.69, 9.17) is 35.7 Å². The Morgan fingerprint density at radius 3 is 2.73 bits per heavy atom. The number of aliphatic carboxylic acids is 1. The first-order chi connectivity index (χ1) is 18.0. The van der Waals surface area contributed by atoms with Crippen LogP contribution in [0.25, 0.3) is 11.1 Å². The lowest BCUT2D eigenvalue weighted by Gasteiger charge is -2.36. The summed E-state index contributed by atoms with van der Waals surface area (Å²) in [5.41, 5.74) is 5.40. The molecule has 6 rings (SSSR count). The molecule has 2 aliphatic heterocycles. The van der Waals surface area contributed by atoms with E-state index in [1.165, 1.54) is 5.56 Å². The standard InChI is InChI=1S/C28H27ClN2O6/c1-34-26-17(13-31-14-18(15-31)28(32)33)11-22(29)27(30-26)37-23-8-6-20-19(3-2-4-21(20)23)16-5-7-24-25(12-16)36-10-9-35-24/h2-5,7,11-12,18,23H,6,8-10,13-15H2,1H3,(H,32,33)/t23-/m0/s1. The molecule has 0 bridgehead atoms. The highest BCUT2D eigenvalue weighted by molar-refractivity contribution is 6.31. The van der Waals surface area contributed by atoms with E-state index in [-0.39, 0.29) is 12.0 Å². The zero-order chi connectivity index (χ0) is 25.5. The zero-order valence-electron chi connectivity index (χ0n) is 20.4. The van der Waals surface area contributed by atoms with Gasteiger partial charge in [-0.2, -0.15) is 4.98 Å². The highest BCUT2D eigenvalue weighted by atomic mass is 35.5. The third-order valence-corrected chi connectivity index (χ3v) is 7.47. The number of nitrogens with zero attached hydrogens (tertiary/aromatic N) is 2. The minimum Gasteiger partial charge on any atom is -0.486 e. The van der Waals surface area contributed by atoms with E-state index in [9.17, 15) is 4.79 Å². The van der Waals surface area contributed by atoms with Crippen LogP contribution in [0.4, 0.5) is 0 Å². The Hall–Kier alpha value is -3.49. The number of aromatic nitrogens is 1. The molecule has 1 N–H and O–H groups in total. The van der Waals surface area contributed by atoms with Crippen molar-refractivity contribution in [3.63, 3.8) is 0 Å². The predicted octanol–water partition coefficient (Wildman–Crippen LogP) is 4.76. The number of likely N-dealkylation sites (tertiary alicyclic amines) is 1. The number of pyridine rings is 1. The summed E-state index contributed by atoms with van der Waals surface area (Å²) in [5, 5.41) is 9.53. The monoisotopic (exact) mass is 522 g/mol. The number of hydrogen-bond donors (Lipinski definition) is 1. The van der Waals surface area contributed by atoms with Gasteiger partial charge in [-0.1, -0.05) is 35.9 Å². The predicted molar refractivity (Wildman–Crippen MR) is 137 cm³/mol. The van der Waals surface area contributed by atoms with E-state index in [1.54, 1.807) is 13.2 Å². The van der Waals surface area contributed by atoms with Crippen LogP contribution in [0.15, 0.2) is 42.5 Å². The third-order valence-electron chi connectivity index (χ3n) is 7.20. The van der Waals surface area contributed by atoms with Crippen LogP contribution in [0, 0.1) is 5.92 Å². The first-order valence-electron chi connectivity index (χ1n) is 12.4. The van der Waals surface area contributed by atoms with E-state index in [2.05, 4.69) is 23.2 Å². The zero-order valence-corrected chi connectivity index (χ0v) is 21.2. The Morgan fingerprint density at radius 1 is 1.14 bits per heavy atom. The first-order valence-corrected chi connectivity index (χ1v) is 12.7. The Labute approximate surface area is 219 Å². The molecule has 1 aromatic heterocycles. The van der Waals surface area contributed by atoms with Crippen LogP contribution in [0.3, 0.4) is 0 Å². The highest BCUT2D eigenvalue weighted by Gasteiger charge is 2.33. The van der Waals surface area contributed by atoms with Gasteiger partial charge in [0.1, 0.15) is 24.3 Å². The Balaban J connectivity index is 1.22. The van der Waals surface area contributed by atoms with E-state index >= 15 is 0 Å². The summed E-state index contributed by atoms with van der Waals surface area (Å²) >= 11 is 6.60. The summed E-state index contributed by atoms with van der Waals surface area (Å²) in [6.45, 7) is 2.64. The Morgan fingerprint density at radius 2 is 1.95 bits per heavy atom. The lowest BCUT2D eigenvalue weighted by molar-refractivity contribution is -0.147. The molecule has 192 valence electrons. The van der Waals surface area contributed by atoms with Gasteiger partial charge in [0.15, 0.2) is 11.5 Å². The molecule has 0 saturated carbocycles. The average molecular weight is 523 g/mol. The van der Waals surface area contributed by atoms with Crippen molar-refractivity contribution in [1.82, 2.24) is 9.88 Å². The van der Waals surface area contributed by atoms with Gasteiger partial charge in [-0.05, 0) is 53.3 Å². The number of ether oxygens (including phenoxy) is 4. The molecule has 2 aromatic carbocycles. The van der Waals surface area contributed by atoms with E-state index in [0.717, 1.165) is 46.6 Å². The maximum absolute atomic E-state index is 11.1. The van der Waals surface area contributed by atoms with Crippen molar-refractivity contribution >= 4 is 17.6 Å². The molecule has 1 saturated heterocycles. The van der Waals surface area contributed by atoms with Crippen LogP contribution in [0.5, 0.6) is 23.3 Å². The lowest BCUT2D eigenvalue weighted by atomic mass is 9.96. The molecule has 0 unspecified atom stereocenters. The number of halogens is 1. The number of fused-ring (bicyclic) bond motifs is 2. The van der Waals surface area contributed by atoms with Crippen LogP contribution < -0.4 is 18.9 Å². The largest absolute Gasteiger partial charge is 0.486 e. The fourth-order valence-corrected chi connectivity index (χ4v) is 5.54. The lowest BCUT2D eigenvalue weighted by Crippen LogP contribution is -2.49. The Kier molecular flexibility index (Phi) is 6.30. The van der Waals surface area contributed by atoms with E-state index in [1.807, 2.05) is 23.1 Å². The number of carbonyl (C=O) groups is 1. The minimum absolute atomic E-state index is 0.181. The summed E-state index contributed by atoms with van der Waals surface area (Å²) in [6, 6.07) is 14.1. The number of benzene rings is 2. The molecule has 8 nitrogen and oxygen atoms in total. The van der Waals surface area contributed by atoms with Gasteiger partial charge in [0.05, 0.1) is 13.0 Å². The second-order valence-electron chi connectivity index (χ2n) is 9.55. The SMILES string of the molecule is COc1nc(O[C@H]2CCc3c(-c4ccc5c(c4)OCCO5)cccc32)c(Cl)cc1CN1CC(C(=O)O)C1. The van der Waals surface area contributed by atoms with Crippen molar-refractivity contribution in [2.24, 2.45) is 5.92 Å². The quantitative estimate of drug-likeness (QED) is 0.475. The van der Waals surface area contributed by atoms with Gasteiger partial charge in [-0.3, -0.25) is 9.69 Å². The molecule has 0 spiro atoms. The van der Waals surface area contributed by atoms with Gasteiger partial charge < -0.3 is 24.1 Å². The maximum atomic E-state index is 11.1. The molecular weight excluding hydrogens is 496 g/mol. The van der Waals surface area contributed by atoms with Gasteiger partial charge in [0, 0.05) is 25.2 Å². The molecule has 37 heavy (non-hydrogen) atoms. The second kappa shape index (κ2) is 9.76. The molecule has 1 aliphatic carbocycles. The molecular formula is C28H27ClN2O6. The van der Waals surface area contributed by atoms with Gasteiger partial charge in [-0.15, -0.1) is 0 Å². The molecule has 1 fully saturated rings. The van der Waals surface area contributed by atoms with Gasteiger partial charge >= 0.3 is 5.97 Å². The molecule has 3 aromatic rings. The molecule has 3 aliphatic rings. The van der Waals surface area contributed by atoms with Crippen LogP contribution in [0.2, 0.25) is 5.02 Å². The van der Waals surface area contributed by atoms with Gasteiger partial charge in [0.2, 0.25) is 11.8 Å². The van der Waals surface area contributed by atoms with Gasteiger partial charge in [0.25, 0.3) is 0 Å². The van der Waals surface area contributed by atoms with E-state index < -0.39 is 5.97 Å². The van der Waals surface area contributed by atoms with Crippen LogP contribution in [-0.2, 0) is 17.8 Å². The molecule has 0 radical (unpaired) electrons. The summed E-state index contributed by atoms with van der Waals surface area (Å²) in [6.07, 6.45) is 1.50. The second-order valence-corrected chi connectivity index (χ2v) is 9.96. The fourth-order valence-electron chi connectivity index (χ4n) is 5.32. The van der Waals surface area contributed by atoms with Crippen molar-refractivity contribution in [3.8, 4) is 34.4 Å². The number of carboxylic acids is 1. The van der Waals surface area contributed by atoms with Crippen molar-refractivity contribution in [2.45, 2.75) is 25.5 Å². The maximum Gasteiger partial charge on any atom is 0.309 e. The molecule has 9 heteroatoms. The average Bonchev–Trinajstić information content (AvgIpc) is 3.29. The van der Waals surface area contributed by atoms with Crippen LogP contribution >= 0.6 is 11.6 Å². The van der Waals surface area contributed by atoms with Crippen LogP contribution in [0.1, 0.15) is 29.2 Å². The third kappa shape index (κ3) is 4.55. The summed E-state index contributed by atoms with van der Waals surface area (Å²) < 4.78 is 23.3. The van der Waals surface area contributed by atoms with Gasteiger partial charge in [-0.25, -0.2) is 0 Å². The Bertz CT molecular complexity index is 1360. The summed E-state index contributed by atoms with van der Waals surface area (Å²) in [4.78, 5) is 17.7. The van der Waals surface area contributed by atoms with Crippen LogP contribution in [-0.4, -0.2) is 54.4 Å². The smallest absolute Gasteiger partial charge is 0.309 e. The van der Waals surface area contributed by atoms with Crippen molar-refractivity contribution < 1.29 is 28.8 Å². The summed E-state index contributed by atoms with van der Waals surface area (Å²) in [5.74, 6) is 1.21. The fraction of sp³-hybridized carbons (Fsp3) is 0.357. The molecule has 3 heterocycles. The topological polar surface area (TPSA) is 90.4 Å². The first kappa shape index (κ1) is 23.9. The normalized spacial score (nSPS) is 18.7. The molecule has 1 atom stereocenters. The van der Waals surface area contributed by atoms with E-state index in [0.29, 0.717) is 49.6 Å². The number of rotatable bonds is 7. The van der Waals surface area contributed by atoms with Crippen molar-refractivity contribution in [1.29, 1.82) is 0 Å². The van der Waals surface area contributed by atoms with Crippen molar-refractivity contribution in [2.75, 3.05) is 33.4 Å². The number of methoxy groups -OCH3 is 1. The number of carboxylic acid groups (broad SMARTS) is 1. The summed E-state index contributed by atoms with van der Waals surface area (Å²) in [7, 11) is 1.56. The molecule has 0 amide bonds. The minimum atomic E-state index is -0.767. The number of hydrogen-bond acceptors (Lipinski definition) is 7. The highest BCUT2D eigenvalue weighted by Crippen LogP contribution is 2.43. The van der Waals surface area contributed by atoms with Crippen molar-refractivity contribution in [3.05, 3.63) is 64.2 Å².